The molecule has 0 radical (unpaired) electrons. The molecular weight excluding hydrogens is 460 g/mol. The zero-order chi connectivity index (χ0) is 24.3. The zero-order valence-corrected chi connectivity index (χ0v) is 19.7. The predicted octanol–water partition coefficient (Wildman–Crippen LogP) is 1.77. The second-order valence-electron chi connectivity index (χ2n) is 7.97. The van der Waals surface area contributed by atoms with Gasteiger partial charge in [0.1, 0.15) is 6.33 Å². The molecule has 1 aliphatic rings. The molecule has 3 aromatic rings. The van der Waals surface area contributed by atoms with E-state index < -0.39 is 22.1 Å². The van der Waals surface area contributed by atoms with Crippen molar-refractivity contribution in [1.29, 1.82) is 0 Å². The minimum atomic E-state index is -4.09. The third-order valence-electron chi connectivity index (χ3n) is 5.73. The number of esters is 1. The van der Waals surface area contributed by atoms with Gasteiger partial charge in [-0.25, -0.2) is 17.9 Å². The number of rotatable bonds is 7. The van der Waals surface area contributed by atoms with Crippen LogP contribution in [0.3, 0.4) is 0 Å². The number of aryl methyl sites for hydroxylation is 1. The van der Waals surface area contributed by atoms with Gasteiger partial charge in [0.05, 0.1) is 40.7 Å². The van der Waals surface area contributed by atoms with Crippen molar-refractivity contribution in [3.05, 3.63) is 53.9 Å². The van der Waals surface area contributed by atoms with Crippen LogP contribution in [0.2, 0.25) is 0 Å². The first-order valence-corrected chi connectivity index (χ1v) is 12.3. The van der Waals surface area contributed by atoms with Crippen molar-refractivity contribution < 1.29 is 23.1 Å². The van der Waals surface area contributed by atoms with Crippen LogP contribution in [-0.4, -0.2) is 66.0 Å². The van der Waals surface area contributed by atoms with Crippen molar-refractivity contribution in [3.63, 3.8) is 0 Å². The van der Waals surface area contributed by atoms with Crippen molar-refractivity contribution in [2.45, 2.75) is 37.2 Å². The van der Waals surface area contributed by atoms with Crippen LogP contribution in [0.4, 0.5) is 11.4 Å². The van der Waals surface area contributed by atoms with Gasteiger partial charge in [-0.3, -0.25) is 4.72 Å². The van der Waals surface area contributed by atoms with E-state index in [-0.39, 0.29) is 10.5 Å². The summed E-state index contributed by atoms with van der Waals surface area (Å²) >= 11 is 0. The minimum absolute atomic E-state index is 0.00430. The zero-order valence-electron chi connectivity index (χ0n) is 18.9. The number of nitrogens with one attached hydrogen (secondary N) is 1. The summed E-state index contributed by atoms with van der Waals surface area (Å²) in [6.07, 6.45) is 2.84. The molecular formula is C22H26N6O5S. The van der Waals surface area contributed by atoms with Crippen molar-refractivity contribution >= 4 is 27.4 Å². The molecule has 0 saturated carbocycles. The Hall–Kier alpha value is -3.51. The van der Waals surface area contributed by atoms with E-state index in [1.165, 1.54) is 24.2 Å². The van der Waals surface area contributed by atoms with E-state index in [2.05, 4.69) is 20.2 Å². The third kappa shape index (κ3) is 4.87. The average Bonchev–Trinajstić information content (AvgIpc) is 3.38. The number of β-amino-alcohol motifs (C(OH)–C–C–N with tert-alkyl or cyclic N) is 1. The quantitative estimate of drug-likeness (QED) is 0.478. The Morgan fingerprint density at radius 1 is 1.26 bits per heavy atom. The van der Waals surface area contributed by atoms with Gasteiger partial charge < -0.3 is 14.7 Å². The van der Waals surface area contributed by atoms with Crippen LogP contribution < -0.4 is 9.62 Å². The Bertz CT molecular complexity index is 1280. The van der Waals surface area contributed by atoms with Crippen molar-refractivity contribution in [2.24, 2.45) is 0 Å². The Morgan fingerprint density at radius 3 is 2.76 bits per heavy atom. The van der Waals surface area contributed by atoms with E-state index in [9.17, 15) is 18.3 Å². The lowest BCUT2D eigenvalue weighted by molar-refractivity contribution is 0.0600. The maximum Gasteiger partial charge on any atom is 0.337 e. The van der Waals surface area contributed by atoms with Gasteiger partial charge in [-0.05, 0) is 65.6 Å². The summed E-state index contributed by atoms with van der Waals surface area (Å²) in [7, 11) is -2.85. The molecule has 0 spiro atoms. The number of nitrogens with zero attached hydrogens (tertiary/aromatic N) is 5. The number of benzene rings is 2. The Kier molecular flexibility index (Phi) is 6.80. The molecule has 34 heavy (non-hydrogen) atoms. The highest BCUT2D eigenvalue weighted by molar-refractivity contribution is 7.92. The smallest absolute Gasteiger partial charge is 0.337 e. The number of aromatic nitrogens is 4. The number of sulfonamides is 1. The van der Waals surface area contributed by atoms with Crippen LogP contribution in [0, 0.1) is 0 Å². The van der Waals surface area contributed by atoms with Crippen LogP contribution in [-0.2, 0) is 21.2 Å². The molecule has 12 heteroatoms. The fourth-order valence-corrected chi connectivity index (χ4v) is 5.42. The Labute approximate surface area is 197 Å². The largest absolute Gasteiger partial charge is 0.465 e. The summed E-state index contributed by atoms with van der Waals surface area (Å²) in [6, 6.07) is 9.67. The second kappa shape index (κ2) is 9.77. The Balaban J connectivity index is 1.78. The maximum absolute atomic E-state index is 13.6. The van der Waals surface area contributed by atoms with E-state index in [1.807, 2.05) is 11.8 Å². The van der Waals surface area contributed by atoms with Crippen LogP contribution in [0.25, 0.3) is 5.69 Å². The third-order valence-corrected chi connectivity index (χ3v) is 7.18. The van der Waals surface area contributed by atoms with Gasteiger partial charge in [-0.1, -0.05) is 13.0 Å². The molecule has 11 nitrogen and oxygen atoms in total. The summed E-state index contributed by atoms with van der Waals surface area (Å²) in [4.78, 5) is 14.0. The van der Waals surface area contributed by atoms with Crippen LogP contribution in [0.5, 0.6) is 0 Å². The first kappa shape index (κ1) is 23.6. The van der Waals surface area contributed by atoms with E-state index in [0.29, 0.717) is 48.6 Å². The first-order valence-electron chi connectivity index (χ1n) is 10.9. The summed E-state index contributed by atoms with van der Waals surface area (Å²) < 4.78 is 36.0. The number of carbonyl (C=O) groups excluding carboxylic acids is 1. The van der Waals surface area contributed by atoms with Crippen molar-refractivity contribution in [2.75, 3.05) is 29.8 Å². The van der Waals surface area contributed by atoms with E-state index in [4.69, 9.17) is 4.74 Å². The lowest BCUT2D eigenvalue weighted by Gasteiger charge is -2.33. The fraction of sp³-hybridized carbons (Fsp3) is 0.364. The maximum atomic E-state index is 13.6. The number of hydrogen-bond acceptors (Lipinski definition) is 9. The molecule has 1 fully saturated rings. The number of methoxy groups -OCH3 is 1. The van der Waals surface area contributed by atoms with Gasteiger partial charge in [-0.2, -0.15) is 0 Å². The van der Waals surface area contributed by atoms with Gasteiger partial charge in [-0.15, -0.1) is 5.10 Å². The number of carbonyl (C=O) groups is 1. The number of piperidine rings is 1. The summed E-state index contributed by atoms with van der Waals surface area (Å²) in [5.41, 5.74) is 2.20. The number of aliphatic hydroxyl groups is 1. The number of aliphatic hydroxyl groups excluding tert-OH is 1. The molecule has 0 aliphatic carbocycles. The number of hydrogen-bond donors (Lipinski definition) is 2. The molecule has 2 N–H and O–H groups in total. The van der Waals surface area contributed by atoms with E-state index in [1.54, 1.807) is 30.3 Å². The second-order valence-corrected chi connectivity index (χ2v) is 9.62. The highest BCUT2D eigenvalue weighted by atomic mass is 32.2. The first-order chi connectivity index (χ1) is 16.3. The van der Waals surface area contributed by atoms with Crippen LogP contribution in [0.1, 0.15) is 35.7 Å². The summed E-state index contributed by atoms with van der Waals surface area (Å²) in [5.74, 6) is -0.622. The Morgan fingerprint density at radius 2 is 2.09 bits per heavy atom. The number of anilines is 2. The van der Waals surface area contributed by atoms with Gasteiger partial charge >= 0.3 is 5.97 Å². The van der Waals surface area contributed by atoms with Crippen molar-refractivity contribution in [1.82, 2.24) is 20.2 Å². The van der Waals surface area contributed by atoms with Gasteiger partial charge in [0, 0.05) is 13.1 Å². The molecule has 4 rings (SSSR count). The number of tetrazole rings is 1. The normalized spacial score (nSPS) is 16.3. The standard InChI is InChI=1S/C22H26N6O5S/c1-3-15-6-7-16(22(30)33-2)11-21(15)34(31,32)24-19-12-17(28-14-23-25-26-28)8-9-20(19)27-10-4-5-18(29)13-27/h6-9,11-12,14,18,24,29H,3-5,10,13H2,1-2H3/t18-/m1/s1. The molecule has 1 atom stereocenters. The summed E-state index contributed by atoms with van der Waals surface area (Å²) in [6.45, 7) is 2.90. The van der Waals surface area contributed by atoms with E-state index in [0.717, 1.165) is 6.42 Å². The molecule has 2 heterocycles. The average molecular weight is 487 g/mol. The molecule has 180 valence electrons. The van der Waals surface area contributed by atoms with Crippen molar-refractivity contribution in [3.8, 4) is 5.69 Å². The summed E-state index contributed by atoms with van der Waals surface area (Å²) in [5, 5.41) is 21.3. The molecule has 2 aromatic carbocycles. The minimum Gasteiger partial charge on any atom is -0.465 e. The topological polar surface area (TPSA) is 140 Å². The molecule has 0 bridgehead atoms. The lowest BCUT2D eigenvalue weighted by Crippen LogP contribution is -2.38. The molecule has 1 aliphatic heterocycles. The van der Waals surface area contributed by atoms with Crippen LogP contribution in [0.15, 0.2) is 47.6 Å². The van der Waals surface area contributed by atoms with Gasteiger partial charge in [0.2, 0.25) is 0 Å². The number of ether oxygens (including phenoxy) is 1. The van der Waals surface area contributed by atoms with Crippen LogP contribution >= 0.6 is 0 Å². The molecule has 1 saturated heterocycles. The molecule has 0 unspecified atom stereocenters. The molecule has 1 aromatic heterocycles. The lowest BCUT2D eigenvalue weighted by atomic mass is 10.1. The molecule has 0 amide bonds. The monoisotopic (exact) mass is 486 g/mol. The highest BCUT2D eigenvalue weighted by Gasteiger charge is 2.25. The van der Waals surface area contributed by atoms with Gasteiger partial charge in [0.25, 0.3) is 10.0 Å². The fourth-order valence-electron chi connectivity index (χ4n) is 4.02. The highest BCUT2D eigenvalue weighted by Crippen LogP contribution is 2.33. The van der Waals surface area contributed by atoms with E-state index >= 15 is 0 Å². The predicted molar refractivity (Wildman–Crippen MR) is 125 cm³/mol. The SMILES string of the molecule is CCc1ccc(C(=O)OC)cc1S(=O)(=O)Nc1cc(-n2cnnn2)ccc1N1CCC[C@@H](O)C1. The van der Waals surface area contributed by atoms with Gasteiger partial charge in [0.15, 0.2) is 0 Å².